The lowest BCUT2D eigenvalue weighted by Gasteiger charge is -2.36. The van der Waals surface area contributed by atoms with Crippen LogP contribution in [0, 0.1) is 5.92 Å². The first-order valence-electron chi connectivity index (χ1n) is 8.90. The monoisotopic (exact) mass is 297 g/mol. The largest absolute Gasteiger partial charge is 0.377 e. The highest BCUT2D eigenvalue weighted by Gasteiger charge is 2.40. The maximum Gasteiger partial charge on any atom is 0.168 e. The fraction of sp³-hybridized carbons (Fsp3) is 1.00. The van der Waals surface area contributed by atoms with Gasteiger partial charge < -0.3 is 19.5 Å². The Morgan fingerprint density at radius 1 is 1.05 bits per heavy atom. The van der Waals surface area contributed by atoms with Gasteiger partial charge in [0.25, 0.3) is 0 Å². The van der Waals surface area contributed by atoms with Gasteiger partial charge in [0.1, 0.15) is 0 Å². The smallest absolute Gasteiger partial charge is 0.168 e. The molecule has 3 aliphatic rings. The third kappa shape index (κ3) is 4.19. The summed E-state index contributed by atoms with van der Waals surface area (Å²) >= 11 is 0. The molecule has 0 aromatic rings. The van der Waals surface area contributed by atoms with Crippen LogP contribution in [0.1, 0.15) is 58.3 Å². The summed E-state index contributed by atoms with van der Waals surface area (Å²) < 4.78 is 17.6. The Bertz CT molecular complexity index is 307. The molecule has 0 aromatic carbocycles. The van der Waals surface area contributed by atoms with E-state index in [1.807, 2.05) is 0 Å². The van der Waals surface area contributed by atoms with Gasteiger partial charge >= 0.3 is 0 Å². The third-order valence-electron chi connectivity index (χ3n) is 5.46. The minimum absolute atomic E-state index is 0.230. The molecular weight excluding hydrogens is 266 g/mol. The molecule has 1 spiro atoms. The van der Waals surface area contributed by atoms with Crippen LogP contribution in [0.25, 0.3) is 0 Å². The Kier molecular flexibility index (Phi) is 5.54. The zero-order valence-corrected chi connectivity index (χ0v) is 13.4. The van der Waals surface area contributed by atoms with Gasteiger partial charge in [-0.15, -0.1) is 0 Å². The molecule has 2 atom stereocenters. The van der Waals surface area contributed by atoms with E-state index in [4.69, 9.17) is 14.2 Å². The molecule has 0 radical (unpaired) electrons. The van der Waals surface area contributed by atoms with Gasteiger partial charge in [0.15, 0.2) is 5.79 Å². The average molecular weight is 297 g/mol. The van der Waals surface area contributed by atoms with Crippen LogP contribution in [0.15, 0.2) is 0 Å². The molecule has 2 aliphatic carbocycles. The number of nitrogens with one attached hydrogen (secondary N) is 1. The van der Waals surface area contributed by atoms with E-state index in [0.29, 0.717) is 12.1 Å². The number of hydrogen-bond acceptors (Lipinski definition) is 4. The first kappa shape index (κ1) is 15.7. The number of hydrogen-bond donors (Lipinski definition) is 1. The van der Waals surface area contributed by atoms with Gasteiger partial charge in [-0.1, -0.05) is 19.8 Å². The minimum Gasteiger partial charge on any atom is -0.377 e. The highest BCUT2D eigenvalue weighted by Crippen LogP contribution is 2.35. The van der Waals surface area contributed by atoms with Crippen molar-refractivity contribution in [1.82, 2.24) is 5.32 Å². The summed E-state index contributed by atoms with van der Waals surface area (Å²) in [4.78, 5) is 0. The van der Waals surface area contributed by atoms with E-state index in [2.05, 4.69) is 12.2 Å². The minimum atomic E-state index is -0.230. The average Bonchev–Trinajstić information content (AvgIpc) is 2.96. The van der Waals surface area contributed by atoms with Crippen molar-refractivity contribution in [3.05, 3.63) is 0 Å². The molecule has 2 saturated carbocycles. The van der Waals surface area contributed by atoms with Crippen LogP contribution >= 0.6 is 0 Å². The van der Waals surface area contributed by atoms with Crippen molar-refractivity contribution in [2.24, 2.45) is 5.92 Å². The second-order valence-corrected chi connectivity index (χ2v) is 7.01. The summed E-state index contributed by atoms with van der Waals surface area (Å²) in [6.07, 6.45) is 10.2. The summed E-state index contributed by atoms with van der Waals surface area (Å²) in [5.41, 5.74) is 0. The van der Waals surface area contributed by atoms with Crippen molar-refractivity contribution in [2.45, 2.75) is 76.2 Å². The molecule has 21 heavy (non-hydrogen) atoms. The summed E-state index contributed by atoms with van der Waals surface area (Å²) in [5, 5.41) is 3.65. The van der Waals surface area contributed by atoms with E-state index in [9.17, 15) is 0 Å². The Morgan fingerprint density at radius 3 is 2.48 bits per heavy atom. The number of ether oxygens (including phenoxy) is 3. The molecule has 122 valence electrons. The molecule has 1 heterocycles. The van der Waals surface area contributed by atoms with Crippen LogP contribution in [0.2, 0.25) is 0 Å². The SMILES string of the molecule is C[C@@H]1CCCC[C@@H]1OCCNC1CCC2(CC1)OCCO2. The molecule has 0 amide bonds. The lowest BCUT2D eigenvalue weighted by molar-refractivity contribution is -0.179. The van der Waals surface area contributed by atoms with Crippen molar-refractivity contribution in [1.29, 1.82) is 0 Å². The fourth-order valence-corrected chi connectivity index (χ4v) is 4.05. The molecule has 4 nitrogen and oxygen atoms in total. The Morgan fingerprint density at radius 2 is 1.76 bits per heavy atom. The molecule has 1 aliphatic heterocycles. The zero-order valence-electron chi connectivity index (χ0n) is 13.4. The summed E-state index contributed by atoms with van der Waals surface area (Å²) in [7, 11) is 0. The Labute approximate surface area is 128 Å². The van der Waals surface area contributed by atoms with Crippen LogP contribution in [0.3, 0.4) is 0 Å². The van der Waals surface area contributed by atoms with Gasteiger partial charge in [0, 0.05) is 25.4 Å². The quantitative estimate of drug-likeness (QED) is 0.792. The van der Waals surface area contributed by atoms with E-state index in [1.54, 1.807) is 0 Å². The fourth-order valence-electron chi connectivity index (χ4n) is 4.05. The molecular formula is C17H31NO3. The topological polar surface area (TPSA) is 39.7 Å². The van der Waals surface area contributed by atoms with E-state index in [-0.39, 0.29) is 5.79 Å². The molecule has 1 saturated heterocycles. The van der Waals surface area contributed by atoms with Crippen LogP contribution in [-0.4, -0.2) is 44.3 Å². The highest BCUT2D eigenvalue weighted by atomic mass is 16.7. The first-order valence-corrected chi connectivity index (χ1v) is 8.90. The first-order chi connectivity index (χ1) is 10.3. The van der Waals surface area contributed by atoms with E-state index >= 15 is 0 Å². The number of rotatable bonds is 5. The lowest BCUT2D eigenvalue weighted by atomic mass is 9.88. The van der Waals surface area contributed by atoms with Gasteiger partial charge in [-0.3, -0.25) is 0 Å². The predicted molar refractivity (Wildman–Crippen MR) is 82.3 cm³/mol. The van der Waals surface area contributed by atoms with Crippen LogP contribution in [-0.2, 0) is 14.2 Å². The van der Waals surface area contributed by atoms with Crippen molar-refractivity contribution in [3.63, 3.8) is 0 Å². The zero-order chi connectivity index (χ0) is 14.5. The normalized spacial score (nSPS) is 33.6. The van der Waals surface area contributed by atoms with E-state index < -0.39 is 0 Å². The van der Waals surface area contributed by atoms with E-state index in [0.717, 1.165) is 58.0 Å². The summed E-state index contributed by atoms with van der Waals surface area (Å²) in [6, 6.07) is 0.607. The highest BCUT2D eigenvalue weighted by molar-refractivity contribution is 4.85. The van der Waals surface area contributed by atoms with Crippen molar-refractivity contribution < 1.29 is 14.2 Å². The molecule has 0 bridgehead atoms. The second-order valence-electron chi connectivity index (χ2n) is 7.01. The molecule has 4 heteroatoms. The van der Waals surface area contributed by atoms with Crippen molar-refractivity contribution in [3.8, 4) is 0 Å². The van der Waals surface area contributed by atoms with Gasteiger partial charge in [0.2, 0.25) is 0 Å². The van der Waals surface area contributed by atoms with Crippen molar-refractivity contribution in [2.75, 3.05) is 26.4 Å². The molecule has 3 rings (SSSR count). The summed E-state index contributed by atoms with van der Waals surface area (Å²) in [6.45, 7) is 5.70. The maximum atomic E-state index is 6.07. The standard InChI is InChI=1S/C17H31NO3/c1-14-4-2-3-5-16(14)19-11-10-18-15-6-8-17(9-7-15)20-12-13-21-17/h14-16,18H,2-13H2,1H3/t14-,16+/m1/s1. The van der Waals surface area contributed by atoms with Gasteiger partial charge in [-0.25, -0.2) is 0 Å². The Balaban J connectivity index is 1.28. The molecule has 3 fully saturated rings. The molecule has 0 unspecified atom stereocenters. The van der Waals surface area contributed by atoms with Crippen molar-refractivity contribution >= 4 is 0 Å². The molecule has 1 N–H and O–H groups in total. The molecule has 0 aromatic heterocycles. The van der Waals surface area contributed by atoms with Crippen LogP contribution < -0.4 is 5.32 Å². The van der Waals surface area contributed by atoms with Crippen LogP contribution in [0.4, 0.5) is 0 Å². The van der Waals surface area contributed by atoms with E-state index in [1.165, 1.54) is 25.7 Å². The van der Waals surface area contributed by atoms with Gasteiger partial charge in [0.05, 0.1) is 25.9 Å². The lowest BCUT2D eigenvalue weighted by Crippen LogP contribution is -2.43. The van der Waals surface area contributed by atoms with Crippen LogP contribution in [0.5, 0.6) is 0 Å². The van der Waals surface area contributed by atoms with Gasteiger partial charge in [-0.05, 0) is 31.6 Å². The third-order valence-corrected chi connectivity index (χ3v) is 5.46. The maximum absolute atomic E-state index is 6.07. The Hall–Kier alpha value is -0.160. The van der Waals surface area contributed by atoms with Gasteiger partial charge in [-0.2, -0.15) is 0 Å². The predicted octanol–water partition coefficient (Wildman–Crippen LogP) is 2.86. The second kappa shape index (κ2) is 7.40. The summed E-state index contributed by atoms with van der Waals surface area (Å²) in [5.74, 6) is 0.511.